The Morgan fingerprint density at radius 1 is 1.11 bits per heavy atom. The molecule has 0 saturated carbocycles. The number of para-hydroxylation sites is 1. The van der Waals surface area contributed by atoms with Gasteiger partial charge in [-0.2, -0.15) is 0 Å². The first-order valence-corrected chi connectivity index (χ1v) is 12.3. The van der Waals surface area contributed by atoms with Gasteiger partial charge in [0.05, 0.1) is 35.6 Å². The molecule has 37 heavy (non-hydrogen) atoms. The summed E-state index contributed by atoms with van der Waals surface area (Å²) in [5.74, 6) is -2.10. The van der Waals surface area contributed by atoms with Crippen LogP contribution in [0.3, 0.4) is 0 Å². The first kappa shape index (κ1) is 25.9. The summed E-state index contributed by atoms with van der Waals surface area (Å²) in [7, 11) is 1.26. The Morgan fingerprint density at radius 2 is 1.81 bits per heavy atom. The van der Waals surface area contributed by atoms with E-state index < -0.39 is 28.9 Å². The summed E-state index contributed by atoms with van der Waals surface area (Å²) in [5.41, 5.74) is 4.16. The molecule has 194 valence electrons. The molecular formula is C28H31N3O6. The number of fused-ring (bicyclic) bond motifs is 1. The number of hydrogen-bond acceptors (Lipinski definition) is 8. The van der Waals surface area contributed by atoms with E-state index in [-0.39, 0.29) is 16.8 Å². The molecule has 0 spiro atoms. The molecule has 1 N–H and O–H groups in total. The monoisotopic (exact) mass is 505 g/mol. The number of nitro groups is 1. The van der Waals surface area contributed by atoms with Crippen molar-refractivity contribution in [1.82, 2.24) is 5.32 Å². The highest BCUT2D eigenvalue weighted by Gasteiger charge is 2.39. The number of dihydropyridines is 1. The quantitative estimate of drug-likeness (QED) is 0.335. The molecule has 0 saturated heterocycles. The van der Waals surface area contributed by atoms with E-state index in [2.05, 4.69) is 22.3 Å². The number of rotatable bonds is 7. The zero-order chi connectivity index (χ0) is 26.7. The molecule has 2 heterocycles. The van der Waals surface area contributed by atoms with Crippen LogP contribution in [0.1, 0.15) is 44.2 Å². The molecule has 2 aliphatic rings. The molecule has 9 nitrogen and oxygen atoms in total. The third-order valence-electron chi connectivity index (χ3n) is 6.79. The summed E-state index contributed by atoms with van der Waals surface area (Å²) in [6.45, 7) is 6.66. The fourth-order valence-electron chi connectivity index (χ4n) is 5.19. The number of ether oxygens (including phenoxy) is 2. The Hall–Kier alpha value is -4.14. The molecule has 9 heteroatoms. The number of anilines is 1. The molecule has 2 aliphatic heterocycles. The minimum absolute atomic E-state index is 0.139. The van der Waals surface area contributed by atoms with Crippen LogP contribution < -0.4 is 10.2 Å². The summed E-state index contributed by atoms with van der Waals surface area (Å²) in [4.78, 5) is 39.6. The first-order valence-electron chi connectivity index (χ1n) is 12.3. The molecule has 0 aliphatic carbocycles. The Bertz CT molecular complexity index is 1300. The molecule has 0 aromatic heterocycles. The van der Waals surface area contributed by atoms with Crippen molar-refractivity contribution in [3.8, 4) is 0 Å². The number of carbonyl (C=O) groups excluding carboxylic acids is 2. The number of aryl methyl sites for hydroxylation is 1. The van der Waals surface area contributed by atoms with Crippen LogP contribution in [-0.4, -0.2) is 43.2 Å². The molecule has 0 radical (unpaired) electrons. The van der Waals surface area contributed by atoms with Crippen LogP contribution in [0.15, 0.2) is 71.1 Å². The second-order valence-electron chi connectivity index (χ2n) is 9.37. The lowest BCUT2D eigenvalue weighted by molar-refractivity contribution is -0.384. The smallest absolute Gasteiger partial charge is 0.337 e. The van der Waals surface area contributed by atoms with Crippen molar-refractivity contribution in [1.29, 1.82) is 0 Å². The number of benzene rings is 2. The number of nitrogens with zero attached hydrogens (tertiary/aromatic N) is 2. The standard InChI is InChI=1S/C28H31N3O6/c1-17(16-30-14-8-11-20-9-5-6-13-23(20)30)37-28(33)25-19(3)29-18(2)24(27(32)36-4)26(25)21-10-7-12-22(15-21)31(34)35/h5-7,9-10,12-13,15,17,26,29H,8,11,14,16H2,1-4H3. The predicted molar refractivity (Wildman–Crippen MR) is 139 cm³/mol. The maximum atomic E-state index is 13.6. The minimum Gasteiger partial charge on any atom is -0.466 e. The highest BCUT2D eigenvalue weighted by Crippen LogP contribution is 2.40. The number of esters is 2. The average molecular weight is 506 g/mol. The van der Waals surface area contributed by atoms with Crippen LogP contribution >= 0.6 is 0 Å². The van der Waals surface area contributed by atoms with Gasteiger partial charge in [0.2, 0.25) is 0 Å². The zero-order valence-corrected chi connectivity index (χ0v) is 21.4. The van der Waals surface area contributed by atoms with Crippen molar-refractivity contribution in [2.75, 3.05) is 25.1 Å². The van der Waals surface area contributed by atoms with E-state index in [1.807, 2.05) is 19.1 Å². The molecule has 0 bridgehead atoms. The summed E-state index contributed by atoms with van der Waals surface area (Å²) in [6.07, 6.45) is 1.59. The maximum absolute atomic E-state index is 13.6. The number of non-ortho nitro benzene ring substituents is 1. The number of carbonyl (C=O) groups is 2. The molecular weight excluding hydrogens is 474 g/mol. The molecule has 0 amide bonds. The van der Waals surface area contributed by atoms with Crippen LogP contribution in [0.2, 0.25) is 0 Å². The van der Waals surface area contributed by atoms with Gasteiger partial charge in [-0.05, 0) is 50.8 Å². The van der Waals surface area contributed by atoms with Gasteiger partial charge in [0.25, 0.3) is 5.69 Å². The highest BCUT2D eigenvalue weighted by molar-refractivity contribution is 6.00. The van der Waals surface area contributed by atoms with Crippen molar-refractivity contribution in [2.45, 2.75) is 45.6 Å². The van der Waals surface area contributed by atoms with E-state index in [0.717, 1.165) is 25.1 Å². The molecule has 0 fully saturated rings. The van der Waals surface area contributed by atoms with Gasteiger partial charge in [0.1, 0.15) is 6.10 Å². The van der Waals surface area contributed by atoms with E-state index in [0.29, 0.717) is 23.5 Å². The van der Waals surface area contributed by atoms with Crippen molar-refractivity contribution in [3.05, 3.63) is 92.3 Å². The van der Waals surface area contributed by atoms with Gasteiger partial charge in [-0.15, -0.1) is 0 Å². The van der Waals surface area contributed by atoms with Crippen molar-refractivity contribution in [3.63, 3.8) is 0 Å². The molecule has 2 atom stereocenters. The summed E-state index contributed by atoms with van der Waals surface area (Å²) < 4.78 is 10.9. The Morgan fingerprint density at radius 3 is 2.51 bits per heavy atom. The molecule has 2 unspecified atom stereocenters. The van der Waals surface area contributed by atoms with Gasteiger partial charge >= 0.3 is 11.9 Å². The number of hydrogen-bond donors (Lipinski definition) is 1. The molecule has 2 aromatic carbocycles. The van der Waals surface area contributed by atoms with E-state index in [4.69, 9.17) is 9.47 Å². The first-order chi connectivity index (χ1) is 17.7. The number of methoxy groups -OCH3 is 1. The third kappa shape index (κ3) is 5.35. The predicted octanol–water partition coefficient (Wildman–Crippen LogP) is 4.39. The lowest BCUT2D eigenvalue weighted by Crippen LogP contribution is -2.38. The van der Waals surface area contributed by atoms with Gasteiger partial charge < -0.3 is 19.7 Å². The van der Waals surface area contributed by atoms with Crippen molar-refractivity contribution >= 4 is 23.3 Å². The van der Waals surface area contributed by atoms with E-state index in [1.165, 1.54) is 30.9 Å². The highest BCUT2D eigenvalue weighted by atomic mass is 16.6. The maximum Gasteiger partial charge on any atom is 0.337 e. The lowest BCUT2D eigenvalue weighted by Gasteiger charge is -2.34. The van der Waals surface area contributed by atoms with E-state index >= 15 is 0 Å². The Labute approximate surface area is 215 Å². The topological polar surface area (TPSA) is 111 Å². The van der Waals surface area contributed by atoms with Crippen LogP contribution in [0.4, 0.5) is 11.4 Å². The van der Waals surface area contributed by atoms with Gasteiger partial charge in [-0.25, -0.2) is 9.59 Å². The summed E-state index contributed by atoms with van der Waals surface area (Å²) in [6, 6.07) is 14.2. The number of allylic oxidation sites excluding steroid dienone is 2. The Kier molecular flexibility index (Phi) is 7.61. The summed E-state index contributed by atoms with van der Waals surface area (Å²) >= 11 is 0. The van der Waals surface area contributed by atoms with E-state index in [9.17, 15) is 19.7 Å². The van der Waals surface area contributed by atoms with Crippen molar-refractivity contribution < 1.29 is 24.0 Å². The van der Waals surface area contributed by atoms with Crippen LogP contribution in [0.25, 0.3) is 0 Å². The van der Waals surface area contributed by atoms with E-state index in [1.54, 1.807) is 19.9 Å². The SMILES string of the molecule is COC(=O)C1=C(C)NC(C)=C(C(=O)OC(C)CN2CCCc3ccccc32)C1c1cccc([N+](=O)[O-])c1. The fourth-order valence-corrected chi connectivity index (χ4v) is 5.19. The Balaban J connectivity index is 1.64. The largest absolute Gasteiger partial charge is 0.466 e. The number of nitro benzene ring substituents is 1. The van der Waals surface area contributed by atoms with Crippen LogP contribution in [0.5, 0.6) is 0 Å². The second kappa shape index (κ2) is 10.9. The third-order valence-corrected chi connectivity index (χ3v) is 6.79. The van der Waals surface area contributed by atoms with Crippen molar-refractivity contribution in [2.24, 2.45) is 0 Å². The van der Waals surface area contributed by atoms with Gasteiger partial charge in [0.15, 0.2) is 0 Å². The van der Waals surface area contributed by atoms with Gasteiger partial charge in [0, 0.05) is 35.8 Å². The lowest BCUT2D eigenvalue weighted by atomic mass is 9.80. The minimum atomic E-state index is -0.885. The van der Waals surface area contributed by atoms with Gasteiger partial charge in [-0.1, -0.05) is 30.3 Å². The number of nitrogens with one attached hydrogen (secondary N) is 1. The van der Waals surface area contributed by atoms with Crippen LogP contribution in [-0.2, 0) is 25.5 Å². The molecule has 2 aromatic rings. The van der Waals surface area contributed by atoms with Gasteiger partial charge in [-0.3, -0.25) is 10.1 Å². The zero-order valence-electron chi connectivity index (χ0n) is 21.4. The summed E-state index contributed by atoms with van der Waals surface area (Å²) in [5, 5.41) is 14.5. The second-order valence-corrected chi connectivity index (χ2v) is 9.37. The average Bonchev–Trinajstić information content (AvgIpc) is 2.88. The normalized spacial score (nSPS) is 18.1. The fraction of sp³-hybridized carbons (Fsp3) is 0.357. The molecule has 4 rings (SSSR count). The van der Waals surface area contributed by atoms with Crippen LogP contribution in [0, 0.1) is 10.1 Å².